The highest BCUT2D eigenvalue weighted by atomic mass is 32.2. The van der Waals surface area contributed by atoms with Crippen molar-refractivity contribution in [2.24, 2.45) is 5.73 Å². The predicted octanol–water partition coefficient (Wildman–Crippen LogP) is 1.24. The lowest BCUT2D eigenvalue weighted by atomic mass is 10.0. The molecular weight excluding hydrogens is 354 g/mol. The third-order valence-electron chi connectivity index (χ3n) is 3.91. The number of aromatic nitrogens is 1. The van der Waals surface area contributed by atoms with E-state index >= 15 is 0 Å². The van der Waals surface area contributed by atoms with E-state index in [-0.39, 0.29) is 18.2 Å². The number of nitrogens with zero attached hydrogens (tertiary/aromatic N) is 1. The van der Waals surface area contributed by atoms with Crippen molar-refractivity contribution in [1.29, 1.82) is 0 Å². The van der Waals surface area contributed by atoms with Gasteiger partial charge in [0.25, 0.3) is 11.8 Å². The Labute approximate surface area is 152 Å². The van der Waals surface area contributed by atoms with Crippen molar-refractivity contribution in [3.05, 3.63) is 52.7 Å². The van der Waals surface area contributed by atoms with Gasteiger partial charge in [0, 0.05) is 29.6 Å². The van der Waals surface area contributed by atoms with Crippen molar-refractivity contribution in [2.45, 2.75) is 13.8 Å². The maximum atomic E-state index is 12.1. The fourth-order valence-electron chi connectivity index (χ4n) is 2.34. The number of hydrogen-bond donors (Lipinski definition) is 2. The van der Waals surface area contributed by atoms with Crippen LogP contribution in [0.5, 0.6) is 0 Å². The van der Waals surface area contributed by atoms with Gasteiger partial charge in [-0.1, -0.05) is 12.1 Å². The topological polar surface area (TPSA) is 119 Å². The van der Waals surface area contributed by atoms with Crippen LogP contribution < -0.4 is 11.1 Å². The van der Waals surface area contributed by atoms with Crippen LogP contribution in [0, 0.1) is 13.8 Å². The van der Waals surface area contributed by atoms with Crippen LogP contribution in [0.25, 0.3) is 11.3 Å². The van der Waals surface area contributed by atoms with E-state index in [4.69, 9.17) is 5.73 Å². The maximum Gasteiger partial charge on any atom is 0.251 e. The van der Waals surface area contributed by atoms with E-state index in [2.05, 4.69) is 10.3 Å². The molecule has 7 nitrogen and oxygen atoms in total. The largest absolute Gasteiger partial charge is 0.366 e. The first-order valence-electron chi connectivity index (χ1n) is 7.93. The number of nitrogens with one attached hydrogen (secondary N) is 1. The van der Waals surface area contributed by atoms with Gasteiger partial charge in [0.05, 0.1) is 17.0 Å². The van der Waals surface area contributed by atoms with Crippen LogP contribution in [-0.2, 0) is 9.84 Å². The average molecular weight is 375 g/mol. The van der Waals surface area contributed by atoms with Crippen LogP contribution in [0.1, 0.15) is 32.0 Å². The second kappa shape index (κ2) is 7.65. The van der Waals surface area contributed by atoms with Crippen molar-refractivity contribution in [2.75, 3.05) is 18.6 Å². The summed E-state index contributed by atoms with van der Waals surface area (Å²) in [6, 6.07) is 8.23. The zero-order valence-electron chi connectivity index (χ0n) is 14.9. The fourth-order valence-corrected chi connectivity index (χ4v) is 2.82. The standard InChI is InChI=1S/C18H21N3O4S/c1-11-10-15(17(19)22)16(21-12(11)2)13-4-6-14(7-5-13)18(23)20-8-9-26(3,24)25/h4-7,10H,8-9H2,1-3H3,(H2,19,22)(H,20,23). The first-order chi connectivity index (χ1) is 12.1. The number of carbonyl (C=O) groups is 2. The van der Waals surface area contributed by atoms with Crippen LogP contribution in [0.15, 0.2) is 30.3 Å². The molecule has 0 spiro atoms. The Hall–Kier alpha value is -2.74. The molecule has 1 heterocycles. The van der Waals surface area contributed by atoms with E-state index in [9.17, 15) is 18.0 Å². The predicted molar refractivity (Wildman–Crippen MR) is 99.7 cm³/mol. The molecule has 2 rings (SSSR count). The molecule has 0 aliphatic rings. The van der Waals surface area contributed by atoms with Gasteiger partial charge in [0.1, 0.15) is 9.84 Å². The van der Waals surface area contributed by atoms with E-state index in [1.54, 1.807) is 30.3 Å². The monoisotopic (exact) mass is 375 g/mol. The van der Waals surface area contributed by atoms with Gasteiger partial charge in [-0.3, -0.25) is 14.6 Å². The minimum atomic E-state index is -3.13. The smallest absolute Gasteiger partial charge is 0.251 e. The molecule has 2 amide bonds. The van der Waals surface area contributed by atoms with Crippen molar-refractivity contribution < 1.29 is 18.0 Å². The summed E-state index contributed by atoms with van der Waals surface area (Å²) >= 11 is 0. The van der Waals surface area contributed by atoms with E-state index in [0.717, 1.165) is 17.5 Å². The molecule has 0 bridgehead atoms. The summed E-state index contributed by atoms with van der Waals surface area (Å²) in [7, 11) is -3.13. The average Bonchev–Trinajstić information content (AvgIpc) is 2.55. The first kappa shape index (κ1) is 19.6. The van der Waals surface area contributed by atoms with E-state index in [0.29, 0.717) is 22.4 Å². The Morgan fingerprint density at radius 3 is 2.31 bits per heavy atom. The van der Waals surface area contributed by atoms with Gasteiger partial charge in [0.2, 0.25) is 0 Å². The summed E-state index contributed by atoms with van der Waals surface area (Å²) < 4.78 is 22.2. The lowest BCUT2D eigenvalue weighted by Gasteiger charge is -2.10. The number of amides is 2. The third-order valence-corrected chi connectivity index (χ3v) is 4.86. The molecule has 0 saturated carbocycles. The summed E-state index contributed by atoms with van der Waals surface area (Å²) in [6.07, 6.45) is 1.11. The Morgan fingerprint density at radius 1 is 1.15 bits per heavy atom. The minimum Gasteiger partial charge on any atom is -0.366 e. The van der Waals surface area contributed by atoms with Gasteiger partial charge in [-0.25, -0.2) is 8.42 Å². The Bertz CT molecular complexity index is 951. The van der Waals surface area contributed by atoms with Gasteiger partial charge in [-0.2, -0.15) is 0 Å². The Morgan fingerprint density at radius 2 is 1.77 bits per heavy atom. The molecule has 0 unspecified atom stereocenters. The molecule has 0 radical (unpaired) electrons. The number of aryl methyl sites for hydroxylation is 2. The number of rotatable bonds is 6. The molecule has 1 aromatic carbocycles. The molecule has 0 saturated heterocycles. The molecule has 138 valence electrons. The number of primary amides is 1. The number of hydrogen-bond acceptors (Lipinski definition) is 5. The summed E-state index contributed by atoms with van der Waals surface area (Å²) in [4.78, 5) is 28.2. The molecule has 3 N–H and O–H groups in total. The molecule has 2 aromatic rings. The Balaban J connectivity index is 2.23. The van der Waals surface area contributed by atoms with E-state index in [1.165, 1.54) is 0 Å². The highest BCUT2D eigenvalue weighted by molar-refractivity contribution is 7.90. The first-order valence-corrected chi connectivity index (χ1v) is 9.99. The van der Waals surface area contributed by atoms with Crippen LogP contribution in [0.3, 0.4) is 0 Å². The SMILES string of the molecule is Cc1cc(C(N)=O)c(-c2ccc(C(=O)NCCS(C)(=O)=O)cc2)nc1C. The van der Waals surface area contributed by atoms with Crippen molar-refractivity contribution >= 4 is 21.7 Å². The van der Waals surface area contributed by atoms with Gasteiger partial charge in [-0.15, -0.1) is 0 Å². The fraction of sp³-hybridized carbons (Fsp3) is 0.278. The quantitative estimate of drug-likeness (QED) is 0.787. The van der Waals surface area contributed by atoms with Gasteiger partial charge in [0.15, 0.2) is 0 Å². The van der Waals surface area contributed by atoms with E-state index in [1.807, 2.05) is 13.8 Å². The maximum absolute atomic E-state index is 12.1. The number of pyridine rings is 1. The van der Waals surface area contributed by atoms with Crippen LogP contribution in [-0.4, -0.2) is 43.8 Å². The van der Waals surface area contributed by atoms with Crippen LogP contribution >= 0.6 is 0 Å². The lowest BCUT2D eigenvalue weighted by Crippen LogP contribution is -2.28. The molecule has 0 aliphatic carbocycles. The molecule has 1 aromatic heterocycles. The zero-order valence-corrected chi connectivity index (χ0v) is 15.7. The van der Waals surface area contributed by atoms with Gasteiger partial charge >= 0.3 is 0 Å². The molecule has 8 heteroatoms. The third kappa shape index (κ3) is 4.89. The number of sulfone groups is 1. The number of benzene rings is 1. The van der Waals surface area contributed by atoms with Crippen molar-refractivity contribution in [3.63, 3.8) is 0 Å². The van der Waals surface area contributed by atoms with Crippen LogP contribution in [0.4, 0.5) is 0 Å². The number of nitrogens with two attached hydrogens (primary N) is 1. The molecule has 0 aliphatic heterocycles. The molecular formula is C18H21N3O4S. The summed E-state index contributed by atoms with van der Waals surface area (Å²) in [5.41, 5.74) is 8.92. The zero-order chi connectivity index (χ0) is 19.5. The highest BCUT2D eigenvalue weighted by Gasteiger charge is 2.15. The highest BCUT2D eigenvalue weighted by Crippen LogP contribution is 2.24. The molecule has 26 heavy (non-hydrogen) atoms. The van der Waals surface area contributed by atoms with Crippen molar-refractivity contribution in [1.82, 2.24) is 10.3 Å². The van der Waals surface area contributed by atoms with Gasteiger partial charge < -0.3 is 11.1 Å². The summed E-state index contributed by atoms with van der Waals surface area (Å²) in [5.74, 6) is -1.06. The molecule has 0 atom stereocenters. The summed E-state index contributed by atoms with van der Waals surface area (Å²) in [6.45, 7) is 3.74. The Kier molecular flexibility index (Phi) is 5.76. The van der Waals surface area contributed by atoms with Gasteiger partial charge in [-0.05, 0) is 37.6 Å². The van der Waals surface area contributed by atoms with Crippen LogP contribution in [0.2, 0.25) is 0 Å². The lowest BCUT2D eigenvalue weighted by molar-refractivity contribution is 0.0954. The van der Waals surface area contributed by atoms with E-state index < -0.39 is 15.7 Å². The normalized spacial score (nSPS) is 11.2. The minimum absolute atomic E-state index is 0.0456. The molecule has 0 fully saturated rings. The summed E-state index contributed by atoms with van der Waals surface area (Å²) in [5, 5.41) is 2.55. The van der Waals surface area contributed by atoms with Crippen molar-refractivity contribution in [3.8, 4) is 11.3 Å². The number of carbonyl (C=O) groups excluding carboxylic acids is 2. The second-order valence-corrected chi connectivity index (χ2v) is 8.37. The second-order valence-electron chi connectivity index (χ2n) is 6.11.